The fourth-order valence-electron chi connectivity index (χ4n) is 3.34. The fourth-order valence-corrected chi connectivity index (χ4v) is 3.34. The first-order valence-corrected chi connectivity index (χ1v) is 7.39. The van der Waals surface area contributed by atoms with E-state index in [1.54, 1.807) is 0 Å². The normalized spacial score (nSPS) is 27.4. The van der Waals surface area contributed by atoms with Crippen molar-refractivity contribution in [3.8, 4) is 0 Å². The first kappa shape index (κ1) is 13.8. The number of amides is 1. The fraction of sp³-hybridized carbons (Fsp3) is 0.929. The van der Waals surface area contributed by atoms with Crippen molar-refractivity contribution in [3.05, 3.63) is 0 Å². The van der Waals surface area contributed by atoms with E-state index < -0.39 is 0 Å². The lowest BCUT2D eigenvalue weighted by Gasteiger charge is -2.40. The van der Waals surface area contributed by atoms with Crippen LogP contribution in [-0.4, -0.2) is 59.1 Å². The molecule has 2 fully saturated rings. The average Bonchev–Trinajstić information content (AvgIpc) is 2.92. The second-order valence-electron chi connectivity index (χ2n) is 5.61. The van der Waals surface area contributed by atoms with Gasteiger partial charge in [-0.25, -0.2) is 0 Å². The summed E-state index contributed by atoms with van der Waals surface area (Å²) in [5, 5.41) is 9.15. The molecule has 0 aromatic carbocycles. The SMILES string of the molecule is CC(C(=O)N1CCCC1)N1CCCCC1CCO. The maximum absolute atomic E-state index is 12.4. The molecule has 0 aliphatic carbocycles. The summed E-state index contributed by atoms with van der Waals surface area (Å²) < 4.78 is 0. The van der Waals surface area contributed by atoms with Crippen LogP contribution in [0.1, 0.15) is 45.4 Å². The molecule has 2 aliphatic rings. The molecule has 2 rings (SSSR count). The minimum Gasteiger partial charge on any atom is -0.396 e. The first-order valence-electron chi connectivity index (χ1n) is 7.39. The van der Waals surface area contributed by atoms with Crippen molar-refractivity contribution in [2.45, 2.75) is 57.5 Å². The van der Waals surface area contributed by atoms with Crippen molar-refractivity contribution in [2.75, 3.05) is 26.2 Å². The van der Waals surface area contributed by atoms with Crippen LogP contribution in [0.4, 0.5) is 0 Å². The summed E-state index contributed by atoms with van der Waals surface area (Å²) in [6, 6.07) is 0.380. The lowest BCUT2D eigenvalue weighted by molar-refractivity contribution is -0.137. The Labute approximate surface area is 110 Å². The second-order valence-corrected chi connectivity index (χ2v) is 5.61. The third kappa shape index (κ3) is 3.04. The molecule has 18 heavy (non-hydrogen) atoms. The lowest BCUT2D eigenvalue weighted by Crippen LogP contribution is -2.52. The summed E-state index contributed by atoms with van der Waals surface area (Å²) in [5.41, 5.74) is 0. The summed E-state index contributed by atoms with van der Waals surface area (Å²) in [4.78, 5) is 16.7. The average molecular weight is 254 g/mol. The van der Waals surface area contributed by atoms with Gasteiger partial charge >= 0.3 is 0 Å². The number of nitrogens with zero attached hydrogens (tertiary/aromatic N) is 2. The standard InChI is InChI=1S/C14H26N2O2/c1-12(14(18)15-8-4-5-9-15)16-10-3-2-6-13(16)7-11-17/h12-13,17H,2-11H2,1H3. The number of likely N-dealkylation sites (tertiary alicyclic amines) is 2. The van der Waals surface area contributed by atoms with Crippen LogP contribution in [0.5, 0.6) is 0 Å². The molecule has 2 aliphatic heterocycles. The Morgan fingerprint density at radius 1 is 1.22 bits per heavy atom. The van der Waals surface area contributed by atoms with Gasteiger partial charge in [0, 0.05) is 25.7 Å². The largest absolute Gasteiger partial charge is 0.396 e. The van der Waals surface area contributed by atoms with E-state index in [4.69, 9.17) is 5.11 Å². The summed E-state index contributed by atoms with van der Waals surface area (Å²) in [7, 11) is 0. The van der Waals surface area contributed by atoms with E-state index in [0.29, 0.717) is 6.04 Å². The van der Waals surface area contributed by atoms with Crippen LogP contribution >= 0.6 is 0 Å². The molecule has 2 heterocycles. The van der Waals surface area contributed by atoms with E-state index in [0.717, 1.165) is 45.3 Å². The molecule has 2 saturated heterocycles. The van der Waals surface area contributed by atoms with Crippen molar-refractivity contribution < 1.29 is 9.90 Å². The number of aliphatic hydroxyl groups is 1. The molecule has 1 N–H and O–H groups in total. The first-order chi connectivity index (χ1) is 8.74. The van der Waals surface area contributed by atoms with E-state index in [1.165, 1.54) is 12.8 Å². The molecule has 1 amide bonds. The summed E-state index contributed by atoms with van der Waals surface area (Å²) in [5.74, 6) is 0.289. The molecule has 4 heteroatoms. The highest BCUT2D eigenvalue weighted by Crippen LogP contribution is 2.23. The van der Waals surface area contributed by atoms with Gasteiger partial charge in [0.1, 0.15) is 0 Å². The number of carbonyl (C=O) groups is 1. The number of rotatable bonds is 4. The molecule has 0 aromatic rings. The van der Waals surface area contributed by atoms with Crippen molar-refractivity contribution >= 4 is 5.91 Å². The lowest BCUT2D eigenvalue weighted by atomic mass is 9.97. The Morgan fingerprint density at radius 2 is 1.89 bits per heavy atom. The van der Waals surface area contributed by atoms with Crippen molar-refractivity contribution in [2.24, 2.45) is 0 Å². The molecular formula is C14H26N2O2. The minimum atomic E-state index is -0.0139. The Morgan fingerprint density at radius 3 is 2.56 bits per heavy atom. The van der Waals surface area contributed by atoms with Gasteiger partial charge in [0.05, 0.1) is 6.04 Å². The van der Waals surface area contributed by atoms with E-state index in [1.807, 2.05) is 11.8 Å². The van der Waals surface area contributed by atoms with Crippen LogP contribution < -0.4 is 0 Å². The number of piperidine rings is 1. The molecular weight excluding hydrogens is 228 g/mol. The Hall–Kier alpha value is -0.610. The van der Waals surface area contributed by atoms with Gasteiger partial charge in [-0.1, -0.05) is 6.42 Å². The minimum absolute atomic E-state index is 0.0139. The number of aliphatic hydroxyl groups excluding tert-OH is 1. The zero-order valence-electron chi connectivity index (χ0n) is 11.5. The summed E-state index contributed by atoms with van der Waals surface area (Å²) in [6.07, 6.45) is 6.64. The molecule has 104 valence electrons. The molecule has 2 atom stereocenters. The van der Waals surface area contributed by atoms with Gasteiger partial charge in [-0.3, -0.25) is 9.69 Å². The molecule has 0 bridgehead atoms. The van der Waals surface area contributed by atoms with E-state index in [9.17, 15) is 4.79 Å². The Bertz CT molecular complexity index is 275. The predicted octanol–water partition coefficient (Wildman–Crippen LogP) is 1.23. The van der Waals surface area contributed by atoms with E-state index >= 15 is 0 Å². The summed E-state index contributed by atoms with van der Waals surface area (Å²) >= 11 is 0. The maximum atomic E-state index is 12.4. The smallest absolute Gasteiger partial charge is 0.239 e. The van der Waals surface area contributed by atoms with Crippen LogP contribution in [0.15, 0.2) is 0 Å². The maximum Gasteiger partial charge on any atom is 0.239 e. The van der Waals surface area contributed by atoms with E-state index in [2.05, 4.69) is 4.90 Å². The highest BCUT2D eigenvalue weighted by atomic mass is 16.3. The highest BCUT2D eigenvalue weighted by Gasteiger charge is 2.32. The van der Waals surface area contributed by atoms with Crippen molar-refractivity contribution in [1.82, 2.24) is 9.80 Å². The van der Waals surface area contributed by atoms with Crippen LogP contribution in [-0.2, 0) is 4.79 Å². The number of hydrogen-bond donors (Lipinski definition) is 1. The second kappa shape index (κ2) is 6.53. The Balaban J connectivity index is 1.96. The zero-order valence-corrected chi connectivity index (χ0v) is 11.5. The van der Waals surface area contributed by atoms with Crippen LogP contribution in [0, 0.1) is 0 Å². The van der Waals surface area contributed by atoms with Gasteiger partial charge < -0.3 is 10.0 Å². The topological polar surface area (TPSA) is 43.8 Å². The van der Waals surface area contributed by atoms with Gasteiger partial charge in [0.25, 0.3) is 0 Å². The molecule has 4 nitrogen and oxygen atoms in total. The van der Waals surface area contributed by atoms with Gasteiger partial charge in [-0.15, -0.1) is 0 Å². The Kier molecular flexibility index (Phi) is 5.01. The monoisotopic (exact) mass is 254 g/mol. The quantitative estimate of drug-likeness (QED) is 0.821. The van der Waals surface area contributed by atoms with Gasteiger partial charge in [-0.2, -0.15) is 0 Å². The third-order valence-corrected chi connectivity index (χ3v) is 4.41. The molecule has 0 saturated carbocycles. The van der Waals surface area contributed by atoms with Gasteiger partial charge in [0.2, 0.25) is 5.91 Å². The highest BCUT2D eigenvalue weighted by molar-refractivity contribution is 5.81. The molecule has 0 aromatic heterocycles. The van der Waals surface area contributed by atoms with Crippen LogP contribution in [0.3, 0.4) is 0 Å². The molecule has 0 radical (unpaired) electrons. The van der Waals surface area contributed by atoms with Crippen molar-refractivity contribution in [3.63, 3.8) is 0 Å². The molecule has 2 unspecified atom stereocenters. The predicted molar refractivity (Wildman–Crippen MR) is 71.3 cm³/mol. The van der Waals surface area contributed by atoms with Crippen molar-refractivity contribution in [1.29, 1.82) is 0 Å². The van der Waals surface area contributed by atoms with Gasteiger partial charge in [0.15, 0.2) is 0 Å². The number of carbonyl (C=O) groups excluding carboxylic acids is 1. The molecule has 0 spiro atoms. The van der Waals surface area contributed by atoms with E-state index in [-0.39, 0.29) is 18.6 Å². The van der Waals surface area contributed by atoms with Crippen LogP contribution in [0.25, 0.3) is 0 Å². The third-order valence-electron chi connectivity index (χ3n) is 4.41. The van der Waals surface area contributed by atoms with Gasteiger partial charge in [-0.05, 0) is 45.6 Å². The summed E-state index contributed by atoms with van der Waals surface area (Å²) in [6.45, 7) is 5.14. The van der Waals surface area contributed by atoms with Crippen LogP contribution in [0.2, 0.25) is 0 Å². The zero-order chi connectivity index (χ0) is 13.0. The number of hydrogen-bond acceptors (Lipinski definition) is 3.